The molecule has 0 aromatic carbocycles. The lowest BCUT2D eigenvalue weighted by Crippen LogP contribution is -2.46. The number of nitrogens with one attached hydrogen (secondary N) is 2. The topological polar surface area (TPSA) is 67.1 Å². The van der Waals surface area contributed by atoms with Gasteiger partial charge in [0, 0.05) is 25.4 Å². The maximum absolute atomic E-state index is 4.71. The molecule has 8 heteroatoms. The second-order valence-corrected chi connectivity index (χ2v) is 7.85. The van der Waals surface area contributed by atoms with Crippen LogP contribution in [0.3, 0.4) is 0 Å². The van der Waals surface area contributed by atoms with Gasteiger partial charge in [-0.3, -0.25) is 0 Å². The highest BCUT2D eigenvalue weighted by atomic mass is 32.2. The number of hydrogen-bond acceptors (Lipinski definition) is 5. The van der Waals surface area contributed by atoms with Crippen LogP contribution in [0.5, 0.6) is 0 Å². The molecular formula is C15H28N6S2. The molecule has 0 saturated carbocycles. The Labute approximate surface area is 147 Å². The fourth-order valence-corrected chi connectivity index (χ4v) is 3.87. The molecule has 1 atom stereocenters. The zero-order valence-electron chi connectivity index (χ0n) is 14.3. The van der Waals surface area contributed by atoms with Gasteiger partial charge in [0.25, 0.3) is 0 Å². The summed E-state index contributed by atoms with van der Waals surface area (Å²) in [5.41, 5.74) is 0. The number of nitrogens with zero attached hydrogens (tertiary/aromatic N) is 4. The number of thioether (sulfide) groups is 2. The summed E-state index contributed by atoms with van der Waals surface area (Å²) in [7, 11) is 1.98. The molecule has 1 fully saturated rings. The van der Waals surface area contributed by atoms with E-state index in [0.717, 1.165) is 36.3 Å². The van der Waals surface area contributed by atoms with Crippen LogP contribution >= 0.6 is 23.5 Å². The van der Waals surface area contributed by atoms with E-state index in [-0.39, 0.29) is 0 Å². The zero-order chi connectivity index (χ0) is 16.5. The predicted octanol–water partition coefficient (Wildman–Crippen LogP) is 1.81. The summed E-state index contributed by atoms with van der Waals surface area (Å²) in [5, 5.41) is 15.3. The molecule has 1 saturated heterocycles. The van der Waals surface area contributed by atoms with Crippen LogP contribution in [0.2, 0.25) is 0 Å². The van der Waals surface area contributed by atoms with E-state index in [9.17, 15) is 0 Å². The Morgan fingerprint density at radius 3 is 3.00 bits per heavy atom. The maximum Gasteiger partial charge on any atom is 0.191 e. The average Bonchev–Trinajstić information content (AvgIpc) is 2.89. The van der Waals surface area contributed by atoms with Gasteiger partial charge >= 0.3 is 0 Å². The van der Waals surface area contributed by atoms with Gasteiger partial charge < -0.3 is 15.2 Å². The Morgan fingerprint density at radius 1 is 1.48 bits per heavy atom. The lowest BCUT2D eigenvalue weighted by molar-refractivity contribution is 0.579. The molecule has 1 aliphatic heterocycles. The van der Waals surface area contributed by atoms with Gasteiger partial charge in [-0.05, 0) is 43.9 Å². The van der Waals surface area contributed by atoms with Crippen molar-refractivity contribution in [2.24, 2.45) is 12.0 Å². The number of hydrogen-bond donors (Lipinski definition) is 2. The minimum atomic E-state index is 0.516. The van der Waals surface area contributed by atoms with Crippen LogP contribution in [0.1, 0.15) is 30.9 Å². The summed E-state index contributed by atoms with van der Waals surface area (Å²) in [5.74, 6) is 6.33. The zero-order valence-corrected chi connectivity index (χ0v) is 16.0. The first-order chi connectivity index (χ1) is 11.2. The fraction of sp³-hybridized carbons (Fsp3) is 0.800. The summed E-state index contributed by atoms with van der Waals surface area (Å²) in [6.45, 7) is 3.46. The Balaban J connectivity index is 1.92. The number of guanidine groups is 1. The van der Waals surface area contributed by atoms with E-state index in [2.05, 4.69) is 27.1 Å². The van der Waals surface area contributed by atoms with Crippen LogP contribution in [0.25, 0.3) is 0 Å². The van der Waals surface area contributed by atoms with Gasteiger partial charge in [0.2, 0.25) is 0 Å². The molecule has 2 rings (SSSR count). The Hall–Kier alpha value is -0.890. The Morgan fingerprint density at radius 2 is 2.35 bits per heavy atom. The first kappa shape index (κ1) is 18.4. The van der Waals surface area contributed by atoms with E-state index in [1.807, 2.05) is 42.1 Å². The highest BCUT2D eigenvalue weighted by Gasteiger charge is 2.15. The summed E-state index contributed by atoms with van der Waals surface area (Å²) in [6.07, 6.45) is 5.79. The molecule has 0 aliphatic carbocycles. The van der Waals surface area contributed by atoms with Crippen molar-refractivity contribution in [3.8, 4) is 0 Å². The SMILES string of the molecule is CSCCCNC(=NCc1nnc(C)n1C)NC1CCCSC1. The normalized spacial score (nSPS) is 18.9. The van der Waals surface area contributed by atoms with E-state index >= 15 is 0 Å². The van der Waals surface area contributed by atoms with E-state index < -0.39 is 0 Å². The smallest absolute Gasteiger partial charge is 0.191 e. The largest absolute Gasteiger partial charge is 0.356 e. The van der Waals surface area contributed by atoms with Crippen LogP contribution in [0.15, 0.2) is 4.99 Å². The monoisotopic (exact) mass is 356 g/mol. The van der Waals surface area contributed by atoms with E-state index in [0.29, 0.717) is 12.6 Å². The van der Waals surface area contributed by atoms with Crippen LogP contribution in [-0.4, -0.2) is 56.8 Å². The first-order valence-electron chi connectivity index (χ1n) is 8.17. The average molecular weight is 357 g/mol. The lowest BCUT2D eigenvalue weighted by atomic mass is 10.2. The minimum absolute atomic E-state index is 0.516. The molecule has 1 aromatic heterocycles. The second-order valence-electron chi connectivity index (χ2n) is 5.72. The van der Waals surface area contributed by atoms with Gasteiger partial charge in [-0.1, -0.05) is 0 Å². The molecule has 6 nitrogen and oxygen atoms in total. The molecule has 2 heterocycles. The van der Waals surface area contributed by atoms with E-state index in [4.69, 9.17) is 4.99 Å². The maximum atomic E-state index is 4.71. The minimum Gasteiger partial charge on any atom is -0.356 e. The first-order valence-corrected chi connectivity index (χ1v) is 10.7. The molecule has 1 aromatic rings. The van der Waals surface area contributed by atoms with Gasteiger partial charge in [-0.15, -0.1) is 10.2 Å². The Kier molecular flexibility index (Phi) is 8.08. The summed E-state index contributed by atoms with van der Waals surface area (Å²) in [6, 6.07) is 0.516. The molecule has 0 bridgehead atoms. The molecule has 1 aliphatic rings. The molecule has 130 valence electrons. The quantitative estimate of drug-likeness (QED) is 0.441. The molecular weight excluding hydrogens is 328 g/mol. The summed E-state index contributed by atoms with van der Waals surface area (Å²) in [4.78, 5) is 4.71. The summed E-state index contributed by atoms with van der Waals surface area (Å²) < 4.78 is 1.99. The van der Waals surface area contributed by atoms with Crippen molar-refractivity contribution in [1.82, 2.24) is 25.4 Å². The summed E-state index contributed by atoms with van der Waals surface area (Å²) >= 11 is 3.90. The standard InChI is InChI=1S/C15H28N6S2/c1-12-19-20-14(21(12)2)10-17-15(16-7-5-8-22-3)18-13-6-4-9-23-11-13/h13H,4-11H2,1-3H3,(H2,16,17,18). The highest BCUT2D eigenvalue weighted by Crippen LogP contribution is 2.16. The molecule has 0 spiro atoms. The lowest BCUT2D eigenvalue weighted by Gasteiger charge is -2.24. The van der Waals surface area contributed by atoms with Crippen molar-refractivity contribution in [2.45, 2.75) is 38.8 Å². The number of aromatic nitrogens is 3. The van der Waals surface area contributed by atoms with Crippen LogP contribution in [0.4, 0.5) is 0 Å². The van der Waals surface area contributed by atoms with Gasteiger partial charge in [0.05, 0.1) is 0 Å². The fourth-order valence-electron chi connectivity index (χ4n) is 2.36. The molecule has 0 radical (unpaired) electrons. The molecule has 1 unspecified atom stereocenters. The third-order valence-corrected chi connectivity index (χ3v) is 5.79. The predicted molar refractivity (Wildman–Crippen MR) is 101 cm³/mol. The highest BCUT2D eigenvalue weighted by molar-refractivity contribution is 7.99. The third kappa shape index (κ3) is 6.25. The number of rotatable bonds is 7. The van der Waals surface area contributed by atoms with Crippen molar-refractivity contribution in [1.29, 1.82) is 0 Å². The van der Waals surface area contributed by atoms with E-state index in [1.54, 1.807) is 0 Å². The van der Waals surface area contributed by atoms with Gasteiger partial charge in [-0.25, -0.2) is 4.99 Å². The van der Waals surface area contributed by atoms with Crippen molar-refractivity contribution >= 4 is 29.5 Å². The van der Waals surface area contributed by atoms with Crippen molar-refractivity contribution in [3.05, 3.63) is 11.6 Å². The third-order valence-electron chi connectivity index (χ3n) is 3.88. The van der Waals surface area contributed by atoms with Crippen molar-refractivity contribution in [2.75, 3.05) is 30.1 Å². The van der Waals surface area contributed by atoms with Crippen LogP contribution < -0.4 is 10.6 Å². The van der Waals surface area contributed by atoms with Gasteiger partial charge in [0.15, 0.2) is 11.8 Å². The van der Waals surface area contributed by atoms with Gasteiger partial charge in [0.1, 0.15) is 12.4 Å². The Bertz CT molecular complexity index is 496. The molecule has 23 heavy (non-hydrogen) atoms. The van der Waals surface area contributed by atoms with Crippen molar-refractivity contribution < 1.29 is 0 Å². The molecule has 2 N–H and O–H groups in total. The second kappa shape index (κ2) is 10.1. The molecule has 0 amide bonds. The van der Waals surface area contributed by atoms with Gasteiger partial charge in [-0.2, -0.15) is 23.5 Å². The van der Waals surface area contributed by atoms with Crippen molar-refractivity contribution in [3.63, 3.8) is 0 Å². The van der Waals surface area contributed by atoms with Crippen LogP contribution in [0, 0.1) is 6.92 Å². The van der Waals surface area contributed by atoms with Crippen LogP contribution in [-0.2, 0) is 13.6 Å². The number of aliphatic imine (C=N–C) groups is 1. The van der Waals surface area contributed by atoms with E-state index in [1.165, 1.54) is 24.3 Å². The number of aryl methyl sites for hydroxylation is 1.